The quantitative estimate of drug-likeness (QED) is 0.846. The molecule has 0 saturated carbocycles. The van der Waals surface area contributed by atoms with Gasteiger partial charge in [0.05, 0.1) is 11.9 Å². The van der Waals surface area contributed by atoms with Crippen LogP contribution in [0.4, 0.5) is 0 Å². The molecule has 0 saturated heterocycles. The second-order valence-corrected chi connectivity index (χ2v) is 3.78. The van der Waals surface area contributed by atoms with Gasteiger partial charge in [-0.15, -0.1) is 0 Å². The van der Waals surface area contributed by atoms with Crippen molar-refractivity contribution in [3.63, 3.8) is 0 Å². The fraction of sp³-hybridized carbons (Fsp3) is 0.182. The molecule has 3 nitrogen and oxygen atoms in total. The molecule has 0 aliphatic heterocycles. The van der Waals surface area contributed by atoms with Crippen molar-refractivity contribution in [3.05, 3.63) is 46.7 Å². The van der Waals surface area contributed by atoms with Gasteiger partial charge in [-0.25, -0.2) is 4.68 Å². The first-order chi connectivity index (χ1) is 7.22. The highest BCUT2D eigenvalue weighted by atomic mass is 35.5. The second kappa shape index (κ2) is 4.04. The van der Waals surface area contributed by atoms with E-state index in [4.69, 9.17) is 17.3 Å². The molecule has 0 fully saturated rings. The average Bonchev–Trinajstić information content (AvgIpc) is 2.61. The van der Waals surface area contributed by atoms with E-state index in [1.54, 1.807) is 6.20 Å². The summed E-state index contributed by atoms with van der Waals surface area (Å²) in [6, 6.07) is 7.56. The Balaban J connectivity index is 2.45. The Morgan fingerprint density at radius 1 is 1.33 bits per heavy atom. The molecule has 1 aromatic carbocycles. The zero-order chi connectivity index (χ0) is 10.8. The summed E-state index contributed by atoms with van der Waals surface area (Å²) in [7, 11) is 0. The van der Waals surface area contributed by atoms with Gasteiger partial charge in [0.25, 0.3) is 0 Å². The Labute approximate surface area is 93.5 Å². The molecule has 78 valence electrons. The predicted octanol–water partition coefficient (Wildman–Crippen LogP) is 2.29. The first-order valence-electron chi connectivity index (χ1n) is 4.72. The van der Waals surface area contributed by atoms with Crippen LogP contribution in [-0.4, -0.2) is 9.78 Å². The second-order valence-electron chi connectivity index (χ2n) is 3.35. The first kappa shape index (κ1) is 10.2. The monoisotopic (exact) mass is 221 g/mol. The van der Waals surface area contributed by atoms with Crippen LogP contribution < -0.4 is 5.73 Å². The van der Waals surface area contributed by atoms with Gasteiger partial charge in [0.2, 0.25) is 0 Å². The van der Waals surface area contributed by atoms with Crippen LogP contribution in [0.5, 0.6) is 0 Å². The van der Waals surface area contributed by atoms with Crippen LogP contribution in [0, 0.1) is 6.92 Å². The van der Waals surface area contributed by atoms with Gasteiger partial charge in [0.1, 0.15) is 0 Å². The van der Waals surface area contributed by atoms with Crippen LogP contribution in [0.3, 0.4) is 0 Å². The summed E-state index contributed by atoms with van der Waals surface area (Å²) in [4.78, 5) is 0. The summed E-state index contributed by atoms with van der Waals surface area (Å²) in [5.74, 6) is 0. The van der Waals surface area contributed by atoms with Gasteiger partial charge in [0, 0.05) is 22.8 Å². The van der Waals surface area contributed by atoms with Gasteiger partial charge in [-0.05, 0) is 31.2 Å². The van der Waals surface area contributed by atoms with Crippen LogP contribution >= 0.6 is 11.6 Å². The fourth-order valence-electron chi connectivity index (χ4n) is 1.49. The average molecular weight is 222 g/mol. The molecule has 2 N–H and O–H groups in total. The van der Waals surface area contributed by atoms with Crippen molar-refractivity contribution in [1.82, 2.24) is 9.78 Å². The molecule has 1 aromatic heterocycles. The maximum absolute atomic E-state index is 5.82. The number of nitrogens with two attached hydrogens (primary N) is 1. The van der Waals surface area contributed by atoms with Gasteiger partial charge in [-0.1, -0.05) is 11.6 Å². The Kier molecular flexibility index (Phi) is 2.75. The molecule has 0 aliphatic rings. The van der Waals surface area contributed by atoms with Crippen molar-refractivity contribution in [2.24, 2.45) is 5.73 Å². The van der Waals surface area contributed by atoms with Gasteiger partial charge < -0.3 is 5.73 Å². The smallest absolute Gasteiger partial charge is 0.0649 e. The van der Waals surface area contributed by atoms with Crippen molar-refractivity contribution in [2.75, 3.05) is 0 Å². The summed E-state index contributed by atoms with van der Waals surface area (Å²) in [5, 5.41) is 5.00. The van der Waals surface area contributed by atoms with Crippen molar-refractivity contribution in [3.8, 4) is 5.69 Å². The minimum Gasteiger partial charge on any atom is -0.326 e. The van der Waals surface area contributed by atoms with Gasteiger partial charge in [0.15, 0.2) is 0 Å². The van der Waals surface area contributed by atoms with Gasteiger partial charge >= 0.3 is 0 Å². The van der Waals surface area contributed by atoms with E-state index in [0.717, 1.165) is 22.0 Å². The molecule has 0 spiro atoms. The van der Waals surface area contributed by atoms with Crippen LogP contribution in [0.25, 0.3) is 5.69 Å². The Morgan fingerprint density at radius 3 is 2.53 bits per heavy atom. The SMILES string of the molecule is Cc1c(CN)cnn1-c1ccc(Cl)cc1. The van der Waals surface area contributed by atoms with Gasteiger partial charge in [-0.3, -0.25) is 0 Å². The third-order valence-electron chi connectivity index (χ3n) is 2.40. The lowest BCUT2D eigenvalue weighted by molar-refractivity contribution is 0.843. The van der Waals surface area contributed by atoms with Crippen molar-refractivity contribution in [1.29, 1.82) is 0 Å². The molecule has 0 radical (unpaired) electrons. The van der Waals surface area contributed by atoms with Crippen molar-refractivity contribution >= 4 is 11.6 Å². The molecular formula is C11H12ClN3. The minimum atomic E-state index is 0.513. The highest BCUT2D eigenvalue weighted by Gasteiger charge is 2.05. The van der Waals surface area contributed by atoms with Gasteiger partial charge in [-0.2, -0.15) is 5.10 Å². The molecule has 0 amide bonds. The summed E-state index contributed by atoms with van der Waals surface area (Å²) in [6.45, 7) is 2.52. The molecule has 0 aliphatic carbocycles. The zero-order valence-corrected chi connectivity index (χ0v) is 9.20. The first-order valence-corrected chi connectivity index (χ1v) is 5.09. The number of rotatable bonds is 2. The fourth-order valence-corrected chi connectivity index (χ4v) is 1.61. The number of hydrogen-bond donors (Lipinski definition) is 1. The standard InChI is InChI=1S/C11H12ClN3/c1-8-9(6-13)7-14-15(8)11-4-2-10(12)3-5-11/h2-5,7H,6,13H2,1H3. The van der Waals surface area contributed by atoms with E-state index in [0.29, 0.717) is 6.54 Å². The number of aromatic nitrogens is 2. The summed E-state index contributed by atoms with van der Waals surface area (Å²) in [6.07, 6.45) is 1.80. The molecule has 15 heavy (non-hydrogen) atoms. The predicted molar refractivity (Wildman–Crippen MR) is 61.2 cm³/mol. The minimum absolute atomic E-state index is 0.513. The molecule has 2 aromatic rings. The Hall–Kier alpha value is -1.32. The Bertz CT molecular complexity index is 459. The number of halogens is 1. The summed E-state index contributed by atoms with van der Waals surface area (Å²) >= 11 is 5.82. The van der Waals surface area contributed by atoms with E-state index in [1.165, 1.54) is 0 Å². The third-order valence-corrected chi connectivity index (χ3v) is 2.65. The lowest BCUT2D eigenvalue weighted by Gasteiger charge is -2.04. The third kappa shape index (κ3) is 1.89. The zero-order valence-electron chi connectivity index (χ0n) is 8.44. The molecular weight excluding hydrogens is 210 g/mol. The highest BCUT2D eigenvalue weighted by Crippen LogP contribution is 2.16. The largest absolute Gasteiger partial charge is 0.326 e. The van der Waals surface area contributed by atoms with Crippen LogP contribution in [0.2, 0.25) is 5.02 Å². The number of nitrogens with zero attached hydrogens (tertiary/aromatic N) is 2. The molecule has 2 rings (SSSR count). The van der Waals surface area contributed by atoms with E-state index in [9.17, 15) is 0 Å². The van der Waals surface area contributed by atoms with Crippen LogP contribution in [-0.2, 0) is 6.54 Å². The maximum Gasteiger partial charge on any atom is 0.0649 e. The van der Waals surface area contributed by atoms with E-state index in [2.05, 4.69) is 5.10 Å². The van der Waals surface area contributed by atoms with E-state index in [-0.39, 0.29) is 0 Å². The lowest BCUT2D eigenvalue weighted by Crippen LogP contribution is -2.01. The van der Waals surface area contributed by atoms with Crippen LogP contribution in [0.1, 0.15) is 11.3 Å². The molecule has 4 heteroatoms. The van der Waals surface area contributed by atoms with E-state index >= 15 is 0 Å². The topological polar surface area (TPSA) is 43.8 Å². The number of hydrogen-bond acceptors (Lipinski definition) is 2. The van der Waals surface area contributed by atoms with Crippen LogP contribution in [0.15, 0.2) is 30.5 Å². The van der Waals surface area contributed by atoms with Crippen molar-refractivity contribution in [2.45, 2.75) is 13.5 Å². The highest BCUT2D eigenvalue weighted by molar-refractivity contribution is 6.30. The normalized spacial score (nSPS) is 10.6. The molecule has 0 bridgehead atoms. The maximum atomic E-state index is 5.82. The molecule has 1 heterocycles. The van der Waals surface area contributed by atoms with E-state index in [1.807, 2.05) is 35.9 Å². The Morgan fingerprint density at radius 2 is 2.00 bits per heavy atom. The number of benzene rings is 1. The molecule has 0 unspecified atom stereocenters. The lowest BCUT2D eigenvalue weighted by atomic mass is 10.2. The molecule has 0 atom stereocenters. The summed E-state index contributed by atoms with van der Waals surface area (Å²) < 4.78 is 1.86. The van der Waals surface area contributed by atoms with Crippen molar-refractivity contribution < 1.29 is 0 Å². The summed E-state index contributed by atoms with van der Waals surface area (Å²) in [5.41, 5.74) is 8.72. The van der Waals surface area contributed by atoms with E-state index < -0.39 is 0 Å².